The Hall–Kier alpha value is -3.03. The van der Waals surface area contributed by atoms with Gasteiger partial charge in [-0.25, -0.2) is 4.68 Å². The fourth-order valence-corrected chi connectivity index (χ4v) is 3.54. The molecule has 0 spiro atoms. The maximum atomic E-state index is 12.8. The summed E-state index contributed by atoms with van der Waals surface area (Å²) in [5.41, 5.74) is 0.0649. The molecule has 1 amide bonds. The first-order valence-electron chi connectivity index (χ1n) is 9.38. The standard InChI is InChI=1S/C19H22N6O2/c1-2-25-19(27)14-9-6-5-8-13(14)17(23-25)18(26)20-12-16-22-21-15-10-4-3-7-11-24(15)16/h5-6,8-9H,2-4,7,10-12H2,1H3,(H,20,26). The molecule has 0 bridgehead atoms. The molecule has 1 N–H and O–H groups in total. The number of benzene rings is 1. The minimum absolute atomic E-state index is 0.188. The fourth-order valence-electron chi connectivity index (χ4n) is 3.54. The van der Waals surface area contributed by atoms with Gasteiger partial charge in [0.2, 0.25) is 0 Å². The van der Waals surface area contributed by atoms with Gasteiger partial charge < -0.3 is 9.88 Å². The summed E-state index contributed by atoms with van der Waals surface area (Å²) >= 11 is 0. The number of amides is 1. The van der Waals surface area contributed by atoms with E-state index in [1.54, 1.807) is 24.3 Å². The number of nitrogens with one attached hydrogen (secondary N) is 1. The van der Waals surface area contributed by atoms with Crippen LogP contribution in [-0.4, -0.2) is 30.5 Å². The monoisotopic (exact) mass is 366 g/mol. The van der Waals surface area contributed by atoms with E-state index in [1.165, 1.54) is 11.1 Å². The molecule has 3 aromatic rings. The Morgan fingerprint density at radius 2 is 1.96 bits per heavy atom. The summed E-state index contributed by atoms with van der Waals surface area (Å²) in [7, 11) is 0. The van der Waals surface area contributed by atoms with E-state index in [4.69, 9.17) is 0 Å². The van der Waals surface area contributed by atoms with Crippen LogP contribution in [0.15, 0.2) is 29.1 Å². The molecule has 0 saturated heterocycles. The zero-order valence-corrected chi connectivity index (χ0v) is 15.3. The maximum absolute atomic E-state index is 12.8. The molecule has 0 saturated carbocycles. The number of aromatic nitrogens is 5. The molecule has 0 atom stereocenters. The number of carbonyl (C=O) groups is 1. The van der Waals surface area contributed by atoms with Crippen LogP contribution >= 0.6 is 0 Å². The van der Waals surface area contributed by atoms with Crippen LogP contribution in [0.25, 0.3) is 10.8 Å². The van der Waals surface area contributed by atoms with E-state index in [-0.39, 0.29) is 23.7 Å². The van der Waals surface area contributed by atoms with Crippen molar-refractivity contribution in [2.24, 2.45) is 0 Å². The molecule has 1 aliphatic rings. The molecule has 0 fully saturated rings. The highest BCUT2D eigenvalue weighted by Gasteiger charge is 2.18. The fraction of sp³-hybridized carbons (Fsp3) is 0.421. The molecule has 3 heterocycles. The molecule has 1 aromatic carbocycles. The van der Waals surface area contributed by atoms with Gasteiger partial charge in [0.25, 0.3) is 11.5 Å². The van der Waals surface area contributed by atoms with Gasteiger partial charge in [0.15, 0.2) is 11.5 Å². The van der Waals surface area contributed by atoms with E-state index in [2.05, 4.69) is 25.2 Å². The quantitative estimate of drug-likeness (QED) is 0.758. The zero-order valence-electron chi connectivity index (χ0n) is 15.3. The van der Waals surface area contributed by atoms with Crippen molar-refractivity contribution in [1.29, 1.82) is 0 Å². The molecular formula is C19H22N6O2. The first-order valence-corrected chi connectivity index (χ1v) is 9.38. The van der Waals surface area contributed by atoms with Crippen LogP contribution in [0.3, 0.4) is 0 Å². The lowest BCUT2D eigenvalue weighted by molar-refractivity contribution is 0.0944. The van der Waals surface area contributed by atoms with Gasteiger partial charge in [-0.15, -0.1) is 10.2 Å². The topological polar surface area (TPSA) is 94.7 Å². The molecule has 8 heteroatoms. The number of carbonyl (C=O) groups excluding carboxylic acids is 1. The minimum atomic E-state index is -0.320. The van der Waals surface area contributed by atoms with Gasteiger partial charge in [0, 0.05) is 24.9 Å². The van der Waals surface area contributed by atoms with Crippen molar-refractivity contribution in [2.75, 3.05) is 0 Å². The summed E-state index contributed by atoms with van der Waals surface area (Å²) in [5, 5.41) is 16.7. The zero-order chi connectivity index (χ0) is 18.8. The van der Waals surface area contributed by atoms with Gasteiger partial charge in [-0.05, 0) is 25.8 Å². The Kier molecular flexibility index (Phi) is 4.70. The van der Waals surface area contributed by atoms with E-state index in [0.29, 0.717) is 17.3 Å². The number of nitrogens with zero attached hydrogens (tertiary/aromatic N) is 5. The maximum Gasteiger partial charge on any atom is 0.274 e. The molecule has 0 aliphatic carbocycles. The highest BCUT2D eigenvalue weighted by atomic mass is 16.2. The van der Waals surface area contributed by atoms with E-state index < -0.39 is 0 Å². The number of hydrogen-bond acceptors (Lipinski definition) is 5. The molecular weight excluding hydrogens is 344 g/mol. The predicted octanol–water partition coefficient (Wildman–Crippen LogP) is 1.66. The summed E-state index contributed by atoms with van der Waals surface area (Å²) < 4.78 is 3.42. The SMILES string of the molecule is CCn1nc(C(=O)NCc2nnc3n2CCCCC3)c2ccccc2c1=O. The van der Waals surface area contributed by atoms with Crippen LogP contribution in [0, 0.1) is 0 Å². The third-order valence-corrected chi connectivity index (χ3v) is 4.98. The Morgan fingerprint density at radius 3 is 2.78 bits per heavy atom. The summed E-state index contributed by atoms with van der Waals surface area (Å²) in [6, 6.07) is 7.06. The van der Waals surface area contributed by atoms with Gasteiger partial charge in [-0.3, -0.25) is 9.59 Å². The van der Waals surface area contributed by atoms with Crippen molar-refractivity contribution in [2.45, 2.75) is 52.2 Å². The van der Waals surface area contributed by atoms with Crippen molar-refractivity contribution in [3.05, 3.63) is 52.0 Å². The van der Waals surface area contributed by atoms with E-state index >= 15 is 0 Å². The van der Waals surface area contributed by atoms with Crippen LogP contribution in [0.1, 0.15) is 48.3 Å². The third-order valence-electron chi connectivity index (χ3n) is 4.98. The summed E-state index contributed by atoms with van der Waals surface area (Å²) in [4.78, 5) is 25.2. The molecule has 8 nitrogen and oxygen atoms in total. The molecule has 140 valence electrons. The second-order valence-corrected chi connectivity index (χ2v) is 6.69. The summed E-state index contributed by atoms with van der Waals surface area (Å²) in [6.45, 7) is 3.40. The Bertz CT molecular complexity index is 1050. The molecule has 0 radical (unpaired) electrons. The lowest BCUT2D eigenvalue weighted by atomic mass is 10.1. The van der Waals surface area contributed by atoms with Crippen LogP contribution in [-0.2, 0) is 26.1 Å². The Labute approximate surface area is 156 Å². The largest absolute Gasteiger partial charge is 0.343 e. The number of aryl methyl sites for hydroxylation is 2. The predicted molar refractivity (Wildman–Crippen MR) is 100 cm³/mol. The van der Waals surface area contributed by atoms with Gasteiger partial charge in [0.1, 0.15) is 5.82 Å². The molecule has 2 aromatic heterocycles. The minimum Gasteiger partial charge on any atom is -0.343 e. The number of fused-ring (bicyclic) bond motifs is 2. The second kappa shape index (κ2) is 7.30. The van der Waals surface area contributed by atoms with Gasteiger partial charge in [-0.2, -0.15) is 5.10 Å². The second-order valence-electron chi connectivity index (χ2n) is 6.69. The molecule has 4 rings (SSSR count). The van der Waals surface area contributed by atoms with Crippen molar-refractivity contribution >= 4 is 16.7 Å². The lowest BCUT2D eigenvalue weighted by Gasteiger charge is -2.11. The van der Waals surface area contributed by atoms with Crippen LogP contribution in [0.5, 0.6) is 0 Å². The van der Waals surface area contributed by atoms with E-state index in [0.717, 1.165) is 37.5 Å². The Morgan fingerprint density at radius 1 is 1.15 bits per heavy atom. The van der Waals surface area contributed by atoms with Gasteiger partial charge in [-0.1, -0.05) is 24.6 Å². The summed E-state index contributed by atoms with van der Waals surface area (Å²) in [6.07, 6.45) is 4.33. The molecule has 27 heavy (non-hydrogen) atoms. The van der Waals surface area contributed by atoms with Crippen LogP contribution in [0.4, 0.5) is 0 Å². The summed E-state index contributed by atoms with van der Waals surface area (Å²) in [5.74, 6) is 1.42. The Balaban J connectivity index is 1.62. The normalized spacial score (nSPS) is 14.0. The number of hydrogen-bond donors (Lipinski definition) is 1. The first-order chi connectivity index (χ1) is 13.2. The van der Waals surface area contributed by atoms with E-state index in [9.17, 15) is 9.59 Å². The lowest BCUT2D eigenvalue weighted by Crippen LogP contribution is -2.31. The van der Waals surface area contributed by atoms with Crippen molar-refractivity contribution in [1.82, 2.24) is 29.9 Å². The first kappa shape index (κ1) is 17.4. The van der Waals surface area contributed by atoms with Crippen molar-refractivity contribution in [3.63, 3.8) is 0 Å². The molecule has 0 unspecified atom stereocenters. The highest BCUT2D eigenvalue weighted by molar-refractivity contribution is 6.04. The van der Waals surface area contributed by atoms with E-state index in [1.807, 2.05) is 6.92 Å². The van der Waals surface area contributed by atoms with Crippen LogP contribution in [0.2, 0.25) is 0 Å². The highest BCUT2D eigenvalue weighted by Crippen LogP contribution is 2.15. The van der Waals surface area contributed by atoms with Crippen molar-refractivity contribution < 1.29 is 4.79 Å². The third kappa shape index (κ3) is 3.22. The van der Waals surface area contributed by atoms with Gasteiger partial charge in [0.05, 0.1) is 11.9 Å². The average Bonchev–Trinajstić information content (AvgIpc) is 2.92. The average molecular weight is 366 g/mol. The molecule has 1 aliphatic heterocycles. The van der Waals surface area contributed by atoms with Crippen LogP contribution < -0.4 is 10.9 Å². The van der Waals surface area contributed by atoms with Crippen molar-refractivity contribution in [3.8, 4) is 0 Å². The van der Waals surface area contributed by atoms with Gasteiger partial charge >= 0.3 is 0 Å². The number of rotatable bonds is 4. The smallest absolute Gasteiger partial charge is 0.274 e.